The molecule has 1 N–H and O–H groups in total. The first-order valence-electron chi connectivity index (χ1n) is 8.08. The Hall–Kier alpha value is -2.35. The van der Waals surface area contributed by atoms with Crippen molar-refractivity contribution in [2.75, 3.05) is 23.4 Å². The summed E-state index contributed by atoms with van der Waals surface area (Å²) in [6.07, 6.45) is 0.506. The summed E-state index contributed by atoms with van der Waals surface area (Å²) in [6.45, 7) is 3.62. The number of anilines is 1. The normalized spacial score (nSPS) is 18.9. The quantitative estimate of drug-likeness (QED) is 0.876. The third kappa shape index (κ3) is 4.39. The van der Waals surface area contributed by atoms with E-state index in [1.165, 1.54) is 0 Å². The molecular formula is C17H21N3O4S. The van der Waals surface area contributed by atoms with E-state index in [1.807, 2.05) is 25.1 Å². The number of carbonyl (C=O) groups is 1. The maximum Gasteiger partial charge on any atom is 0.263 e. The molecule has 25 heavy (non-hydrogen) atoms. The third-order valence-corrected chi connectivity index (χ3v) is 5.79. The Morgan fingerprint density at radius 2 is 2.16 bits per heavy atom. The summed E-state index contributed by atoms with van der Waals surface area (Å²) in [4.78, 5) is 12.2. The maximum absolute atomic E-state index is 12.2. The maximum atomic E-state index is 12.2. The van der Waals surface area contributed by atoms with Gasteiger partial charge < -0.3 is 10.1 Å². The monoisotopic (exact) mass is 363 g/mol. The molecule has 1 saturated heterocycles. The van der Waals surface area contributed by atoms with Gasteiger partial charge >= 0.3 is 0 Å². The fraction of sp³-hybridized carbons (Fsp3) is 0.412. The summed E-state index contributed by atoms with van der Waals surface area (Å²) in [7, 11) is -3.03. The van der Waals surface area contributed by atoms with E-state index in [2.05, 4.69) is 10.4 Å². The number of aromatic nitrogens is 2. The Bertz CT molecular complexity index is 889. The van der Waals surface area contributed by atoms with Crippen LogP contribution in [0.2, 0.25) is 0 Å². The Kier molecular flexibility index (Phi) is 4.80. The zero-order valence-electron chi connectivity index (χ0n) is 14.2. The predicted octanol–water partition coefficient (Wildman–Crippen LogP) is 1.88. The Morgan fingerprint density at radius 3 is 2.84 bits per heavy atom. The van der Waals surface area contributed by atoms with Gasteiger partial charge in [-0.2, -0.15) is 5.10 Å². The minimum absolute atomic E-state index is 0.0524. The summed E-state index contributed by atoms with van der Waals surface area (Å²) in [5.74, 6) is 1.01. The number of amides is 1. The average Bonchev–Trinajstić information content (AvgIpc) is 3.07. The van der Waals surface area contributed by atoms with E-state index in [0.29, 0.717) is 18.0 Å². The molecule has 0 radical (unpaired) electrons. The van der Waals surface area contributed by atoms with Gasteiger partial charge in [0.15, 0.2) is 16.4 Å². The van der Waals surface area contributed by atoms with E-state index < -0.39 is 9.84 Å². The van der Waals surface area contributed by atoms with Gasteiger partial charge in [0.1, 0.15) is 11.6 Å². The van der Waals surface area contributed by atoms with Gasteiger partial charge in [0.05, 0.1) is 23.2 Å². The molecule has 0 saturated carbocycles. The van der Waals surface area contributed by atoms with Gasteiger partial charge in [-0.15, -0.1) is 0 Å². The number of hydrogen-bond acceptors (Lipinski definition) is 5. The molecule has 134 valence electrons. The molecule has 1 atom stereocenters. The molecule has 1 aliphatic rings. The lowest BCUT2D eigenvalue weighted by Crippen LogP contribution is -2.23. The topological polar surface area (TPSA) is 90.3 Å². The van der Waals surface area contributed by atoms with Gasteiger partial charge in [-0.05, 0) is 38.0 Å². The minimum atomic E-state index is -3.03. The number of nitrogens with zero attached hydrogens (tertiary/aromatic N) is 2. The fourth-order valence-electron chi connectivity index (χ4n) is 2.89. The predicted molar refractivity (Wildman–Crippen MR) is 94.6 cm³/mol. The van der Waals surface area contributed by atoms with Gasteiger partial charge in [-0.1, -0.05) is 12.1 Å². The van der Waals surface area contributed by atoms with Crippen LogP contribution in [0.3, 0.4) is 0 Å². The molecule has 2 heterocycles. The number of sulfone groups is 1. The first-order chi connectivity index (χ1) is 11.8. The van der Waals surface area contributed by atoms with Crippen LogP contribution in [-0.2, 0) is 14.6 Å². The van der Waals surface area contributed by atoms with Crippen LogP contribution in [0.5, 0.6) is 5.75 Å². The van der Waals surface area contributed by atoms with Crippen LogP contribution in [-0.4, -0.2) is 42.2 Å². The zero-order valence-corrected chi connectivity index (χ0v) is 15.0. The van der Waals surface area contributed by atoms with Gasteiger partial charge in [0.2, 0.25) is 0 Å². The molecule has 0 aliphatic carbocycles. The lowest BCUT2D eigenvalue weighted by atomic mass is 10.2. The van der Waals surface area contributed by atoms with Crippen molar-refractivity contribution in [3.63, 3.8) is 0 Å². The summed E-state index contributed by atoms with van der Waals surface area (Å²) >= 11 is 0. The highest BCUT2D eigenvalue weighted by molar-refractivity contribution is 7.91. The van der Waals surface area contributed by atoms with Crippen LogP contribution in [0.4, 0.5) is 5.82 Å². The van der Waals surface area contributed by atoms with E-state index in [0.717, 1.165) is 11.3 Å². The smallest absolute Gasteiger partial charge is 0.263 e. The molecule has 0 unspecified atom stereocenters. The molecule has 1 amide bonds. The third-order valence-electron chi connectivity index (χ3n) is 4.04. The molecule has 1 fully saturated rings. The molecule has 0 bridgehead atoms. The molecule has 1 aromatic heterocycles. The average molecular weight is 363 g/mol. The fourth-order valence-corrected chi connectivity index (χ4v) is 4.58. The van der Waals surface area contributed by atoms with E-state index in [-0.39, 0.29) is 30.1 Å². The lowest BCUT2D eigenvalue weighted by Gasteiger charge is -2.14. The molecular weight excluding hydrogens is 342 g/mol. The zero-order chi connectivity index (χ0) is 18.0. The number of ether oxygens (including phenoxy) is 1. The van der Waals surface area contributed by atoms with Crippen molar-refractivity contribution >= 4 is 21.6 Å². The summed E-state index contributed by atoms with van der Waals surface area (Å²) < 4.78 is 30.5. The molecule has 0 spiro atoms. The van der Waals surface area contributed by atoms with Crippen LogP contribution in [0.1, 0.15) is 23.7 Å². The molecule has 7 nitrogen and oxygen atoms in total. The summed E-state index contributed by atoms with van der Waals surface area (Å²) in [5.41, 5.74) is 1.77. The number of nitrogens with one attached hydrogen (secondary N) is 1. The summed E-state index contributed by atoms with van der Waals surface area (Å²) in [5, 5.41) is 7.10. The van der Waals surface area contributed by atoms with Crippen LogP contribution in [0.25, 0.3) is 0 Å². The van der Waals surface area contributed by atoms with Crippen molar-refractivity contribution in [3.05, 3.63) is 41.6 Å². The second-order valence-electron chi connectivity index (χ2n) is 6.33. The number of hydrogen-bond donors (Lipinski definition) is 1. The largest absolute Gasteiger partial charge is 0.484 e. The Balaban J connectivity index is 1.65. The van der Waals surface area contributed by atoms with Gasteiger partial charge in [-0.3, -0.25) is 4.79 Å². The summed E-state index contributed by atoms with van der Waals surface area (Å²) in [6, 6.07) is 8.94. The van der Waals surface area contributed by atoms with Gasteiger partial charge in [0, 0.05) is 6.07 Å². The Labute approximate surface area is 146 Å². The highest BCUT2D eigenvalue weighted by atomic mass is 32.2. The van der Waals surface area contributed by atoms with E-state index in [4.69, 9.17) is 4.74 Å². The molecule has 2 aromatic rings. The molecule has 3 rings (SSSR count). The standard InChI is InChI=1S/C17H21N3O4S/c1-12-4-3-5-15(8-12)24-10-17(21)18-16-9-13(2)19-20(16)14-6-7-25(22,23)11-14/h3-5,8-9,14H,6-7,10-11H2,1-2H3,(H,18,21)/t14-/m0/s1. The second kappa shape index (κ2) is 6.87. The highest BCUT2D eigenvalue weighted by Crippen LogP contribution is 2.27. The number of carbonyl (C=O) groups excluding carboxylic acids is 1. The molecule has 8 heteroatoms. The van der Waals surface area contributed by atoms with Gasteiger partial charge in [0.25, 0.3) is 5.91 Å². The van der Waals surface area contributed by atoms with E-state index >= 15 is 0 Å². The number of benzene rings is 1. The first-order valence-corrected chi connectivity index (χ1v) is 9.90. The highest BCUT2D eigenvalue weighted by Gasteiger charge is 2.31. The first kappa shape index (κ1) is 17.5. The number of aryl methyl sites for hydroxylation is 2. The van der Waals surface area contributed by atoms with Crippen molar-refractivity contribution in [3.8, 4) is 5.75 Å². The second-order valence-corrected chi connectivity index (χ2v) is 8.55. The van der Waals surface area contributed by atoms with Crippen molar-refractivity contribution in [2.24, 2.45) is 0 Å². The van der Waals surface area contributed by atoms with E-state index in [9.17, 15) is 13.2 Å². The molecule has 1 aliphatic heterocycles. The van der Waals surface area contributed by atoms with Crippen molar-refractivity contribution in [1.29, 1.82) is 0 Å². The van der Waals surface area contributed by atoms with Gasteiger partial charge in [-0.25, -0.2) is 13.1 Å². The Morgan fingerprint density at radius 1 is 1.36 bits per heavy atom. The van der Waals surface area contributed by atoms with Crippen LogP contribution in [0, 0.1) is 13.8 Å². The van der Waals surface area contributed by atoms with Crippen LogP contribution < -0.4 is 10.1 Å². The minimum Gasteiger partial charge on any atom is -0.484 e. The van der Waals surface area contributed by atoms with Crippen LogP contribution in [0.15, 0.2) is 30.3 Å². The SMILES string of the molecule is Cc1cccc(OCC(=O)Nc2cc(C)nn2[C@H]2CCS(=O)(=O)C2)c1. The van der Waals surface area contributed by atoms with Crippen LogP contribution >= 0.6 is 0 Å². The van der Waals surface area contributed by atoms with Crippen molar-refractivity contribution in [1.82, 2.24) is 9.78 Å². The molecule has 1 aromatic carbocycles. The van der Waals surface area contributed by atoms with E-state index in [1.54, 1.807) is 23.7 Å². The van der Waals surface area contributed by atoms with Crippen molar-refractivity contribution < 1.29 is 17.9 Å². The number of rotatable bonds is 5. The van der Waals surface area contributed by atoms with Crippen molar-refractivity contribution in [2.45, 2.75) is 26.3 Å². The lowest BCUT2D eigenvalue weighted by molar-refractivity contribution is -0.118.